The van der Waals surface area contributed by atoms with Crippen molar-refractivity contribution >= 4 is 5.69 Å². The number of halogens is 1. The average Bonchev–Trinajstić information content (AvgIpc) is 2.40. The third-order valence-electron chi connectivity index (χ3n) is 3.73. The molecule has 0 aromatic heterocycles. The summed E-state index contributed by atoms with van der Waals surface area (Å²) in [5, 5.41) is 9.07. The van der Waals surface area contributed by atoms with E-state index in [9.17, 15) is 4.39 Å². The third-order valence-corrected chi connectivity index (χ3v) is 3.73. The summed E-state index contributed by atoms with van der Waals surface area (Å²) < 4.78 is 13.1. The lowest BCUT2D eigenvalue weighted by molar-refractivity contribution is 0.378. The van der Waals surface area contributed by atoms with E-state index in [1.165, 1.54) is 37.8 Å². The van der Waals surface area contributed by atoms with Crippen molar-refractivity contribution in [1.29, 1.82) is 5.26 Å². The molecule has 2 rings (SSSR count). The summed E-state index contributed by atoms with van der Waals surface area (Å²) in [6.07, 6.45) is 4.89. The van der Waals surface area contributed by atoms with Gasteiger partial charge in [0, 0.05) is 13.1 Å². The number of nitrogens with zero attached hydrogens (tertiary/aromatic N) is 2. The summed E-state index contributed by atoms with van der Waals surface area (Å²) in [5.41, 5.74) is 1.33. The molecule has 0 radical (unpaired) electrons. The van der Waals surface area contributed by atoms with Gasteiger partial charge >= 0.3 is 0 Å². The van der Waals surface area contributed by atoms with E-state index in [0.29, 0.717) is 5.56 Å². The number of anilines is 1. The maximum absolute atomic E-state index is 13.1. The lowest BCUT2D eigenvalue weighted by atomic mass is 9.92. The largest absolute Gasteiger partial charge is 0.370 e. The zero-order valence-electron chi connectivity index (χ0n) is 10.8. The van der Waals surface area contributed by atoms with Gasteiger partial charge in [-0.1, -0.05) is 19.8 Å². The molecule has 0 bridgehead atoms. The predicted molar refractivity (Wildman–Crippen MR) is 71.0 cm³/mol. The maximum Gasteiger partial charge on any atom is 0.124 e. The first-order chi connectivity index (χ1) is 8.74. The average molecular weight is 246 g/mol. The van der Waals surface area contributed by atoms with E-state index in [0.717, 1.165) is 24.7 Å². The number of nitriles is 1. The summed E-state index contributed by atoms with van der Waals surface area (Å²) in [4.78, 5) is 2.21. The highest BCUT2D eigenvalue weighted by Gasteiger charge is 2.20. The molecule has 96 valence electrons. The van der Waals surface area contributed by atoms with Crippen LogP contribution in [0, 0.1) is 23.1 Å². The van der Waals surface area contributed by atoms with Crippen molar-refractivity contribution in [3.8, 4) is 6.07 Å². The minimum atomic E-state index is -0.337. The SMILES string of the molecule is CCCC1CCN(c2ccc(F)cc2C#N)CC1. The van der Waals surface area contributed by atoms with Crippen LogP contribution in [-0.4, -0.2) is 13.1 Å². The Morgan fingerprint density at radius 1 is 1.39 bits per heavy atom. The lowest BCUT2D eigenvalue weighted by Gasteiger charge is -2.34. The molecule has 1 heterocycles. The topological polar surface area (TPSA) is 27.0 Å². The summed E-state index contributed by atoms with van der Waals surface area (Å²) in [6, 6.07) is 6.58. The summed E-state index contributed by atoms with van der Waals surface area (Å²) in [7, 11) is 0. The maximum atomic E-state index is 13.1. The number of rotatable bonds is 3. The molecule has 1 aromatic rings. The Morgan fingerprint density at radius 2 is 2.11 bits per heavy atom. The van der Waals surface area contributed by atoms with Gasteiger partial charge in [0.05, 0.1) is 11.3 Å². The smallest absolute Gasteiger partial charge is 0.124 e. The molecular weight excluding hydrogens is 227 g/mol. The Hall–Kier alpha value is -1.56. The van der Waals surface area contributed by atoms with Crippen LogP contribution < -0.4 is 4.90 Å². The third kappa shape index (κ3) is 2.81. The van der Waals surface area contributed by atoms with Crippen molar-refractivity contribution in [3.63, 3.8) is 0 Å². The van der Waals surface area contributed by atoms with Crippen molar-refractivity contribution in [2.24, 2.45) is 5.92 Å². The van der Waals surface area contributed by atoms with Crippen LogP contribution in [0.25, 0.3) is 0 Å². The van der Waals surface area contributed by atoms with Crippen molar-refractivity contribution in [2.45, 2.75) is 32.6 Å². The zero-order chi connectivity index (χ0) is 13.0. The molecule has 18 heavy (non-hydrogen) atoms. The summed E-state index contributed by atoms with van der Waals surface area (Å²) in [6.45, 7) is 4.18. The molecule has 0 spiro atoms. The van der Waals surface area contributed by atoms with E-state index >= 15 is 0 Å². The minimum absolute atomic E-state index is 0.337. The van der Waals surface area contributed by atoms with Gasteiger partial charge in [0.25, 0.3) is 0 Å². The molecule has 3 heteroatoms. The van der Waals surface area contributed by atoms with Gasteiger partial charge in [-0.2, -0.15) is 5.26 Å². The van der Waals surface area contributed by atoms with E-state index < -0.39 is 0 Å². The number of piperidine rings is 1. The van der Waals surface area contributed by atoms with Crippen molar-refractivity contribution in [2.75, 3.05) is 18.0 Å². The first kappa shape index (κ1) is 12.9. The molecular formula is C15H19FN2. The second-order valence-electron chi connectivity index (χ2n) is 4.99. The molecule has 1 aliphatic heterocycles. The Morgan fingerprint density at radius 3 is 2.72 bits per heavy atom. The van der Waals surface area contributed by atoms with Crippen LogP contribution in [-0.2, 0) is 0 Å². The highest BCUT2D eigenvalue weighted by molar-refractivity contribution is 5.59. The normalized spacial score (nSPS) is 16.6. The second kappa shape index (κ2) is 5.86. The molecule has 1 saturated heterocycles. The summed E-state index contributed by atoms with van der Waals surface area (Å²) in [5.74, 6) is 0.480. The Balaban J connectivity index is 2.08. The molecule has 0 saturated carbocycles. The fraction of sp³-hybridized carbons (Fsp3) is 0.533. The molecule has 0 amide bonds. The summed E-state index contributed by atoms with van der Waals surface area (Å²) >= 11 is 0. The van der Waals surface area contributed by atoms with Crippen LogP contribution in [0.15, 0.2) is 18.2 Å². The van der Waals surface area contributed by atoms with Gasteiger partial charge in [-0.25, -0.2) is 4.39 Å². The number of hydrogen-bond acceptors (Lipinski definition) is 2. The number of hydrogen-bond donors (Lipinski definition) is 0. The van der Waals surface area contributed by atoms with E-state index in [1.807, 2.05) is 0 Å². The molecule has 0 N–H and O–H groups in total. The number of benzene rings is 1. The molecule has 0 atom stereocenters. The lowest BCUT2D eigenvalue weighted by Crippen LogP contribution is -2.34. The van der Waals surface area contributed by atoms with Crippen LogP contribution >= 0.6 is 0 Å². The van der Waals surface area contributed by atoms with Gasteiger partial charge in [0.15, 0.2) is 0 Å². The van der Waals surface area contributed by atoms with Crippen LogP contribution in [0.5, 0.6) is 0 Å². The first-order valence-electron chi connectivity index (χ1n) is 6.69. The van der Waals surface area contributed by atoms with Gasteiger partial charge in [0.2, 0.25) is 0 Å². The molecule has 0 aliphatic carbocycles. The van der Waals surface area contributed by atoms with Crippen molar-refractivity contribution in [3.05, 3.63) is 29.6 Å². The van der Waals surface area contributed by atoms with E-state index in [-0.39, 0.29) is 5.82 Å². The van der Waals surface area contributed by atoms with Crippen LogP contribution in [0.3, 0.4) is 0 Å². The van der Waals surface area contributed by atoms with Gasteiger partial charge in [-0.15, -0.1) is 0 Å². The molecule has 1 aromatic carbocycles. The standard InChI is InChI=1S/C15H19FN2/c1-2-3-12-6-8-18(9-7-12)15-5-4-14(16)10-13(15)11-17/h4-5,10,12H,2-3,6-9H2,1H3. The Labute approximate surface area is 108 Å². The molecule has 0 unspecified atom stereocenters. The quantitative estimate of drug-likeness (QED) is 0.812. The zero-order valence-corrected chi connectivity index (χ0v) is 10.8. The second-order valence-corrected chi connectivity index (χ2v) is 4.99. The minimum Gasteiger partial charge on any atom is -0.370 e. The van der Waals surface area contributed by atoms with Crippen LogP contribution in [0.1, 0.15) is 38.2 Å². The van der Waals surface area contributed by atoms with Gasteiger partial charge in [-0.3, -0.25) is 0 Å². The fourth-order valence-electron chi connectivity index (χ4n) is 2.74. The van der Waals surface area contributed by atoms with Crippen LogP contribution in [0.4, 0.5) is 10.1 Å². The van der Waals surface area contributed by atoms with Crippen LogP contribution in [0.2, 0.25) is 0 Å². The first-order valence-corrected chi connectivity index (χ1v) is 6.69. The monoisotopic (exact) mass is 246 g/mol. The van der Waals surface area contributed by atoms with Crippen molar-refractivity contribution < 1.29 is 4.39 Å². The van der Waals surface area contributed by atoms with Crippen molar-refractivity contribution in [1.82, 2.24) is 0 Å². The highest BCUT2D eigenvalue weighted by Crippen LogP contribution is 2.28. The van der Waals surface area contributed by atoms with E-state index in [2.05, 4.69) is 17.9 Å². The van der Waals surface area contributed by atoms with Gasteiger partial charge in [-0.05, 0) is 37.0 Å². The predicted octanol–water partition coefficient (Wildman–Crippen LogP) is 3.71. The van der Waals surface area contributed by atoms with Gasteiger partial charge < -0.3 is 4.90 Å². The van der Waals surface area contributed by atoms with Gasteiger partial charge in [0.1, 0.15) is 11.9 Å². The van der Waals surface area contributed by atoms with E-state index in [1.54, 1.807) is 6.07 Å². The highest BCUT2D eigenvalue weighted by atomic mass is 19.1. The Bertz CT molecular complexity index is 442. The van der Waals surface area contributed by atoms with E-state index in [4.69, 9.17) is 5.26 Å². The molecule has 1 fully saturated rings. The molecule has 1 aliphatic rings. The Kier molecular flexibility index (Phi) is 4.19. The fourth-order valence-corrected chi connectivity index (χ4v) is 2.74. The molecule has 2 nitrogen and oxygen atoms in total.